The fourth-order valence-electron chi connectivity index (χ4n) is 5.73. The summed E-state index contributed by atoms with van der Waals surface area (Å²) in [4.78, 5) is 15.3. The van der Waals surface area contributed by atoms with E-state index in [4.69, 9.17) is 9.47 Å². The van der Waals surface area contributed by atoms with Gasteiger partial charge in [0.25, 0.3) is 0 Å². The molecule has 2 fully saturated rings. The van der Waals surface area contributed by atoms with Crippen LogP contribution in [-0.4, -0.2) is 43.8 Å². The first-order valence-electron chi connectivity index (χ1n) is 10.6. The molecule has 2 saturated carbocycles. The molecule has 156 valence electrons. The van der Waals surface area contributed by atoms with Crippen LogP contribution in [0.15, 0.2) is 24.3 Å². The SMILES string of the molecule is CCN(CC)C[C@H]1[C@@H](OC(=O)Nc2ccccc2OC)[C@@]2(C)CC[C@@H]1C2(C)C. The molecular weight excluding hydrogens is 352 g/mol. The molecule has 1 N–H and O–H groups in total. The van der Waals surface area contributed by atoms with Crippen LogP contribution in [-0.2, 0) is 4.74 Å². The second-order valence-corrected chi connectivity index (χ2v) is 9.09. The van der Waals surface area contributed by atoms with Crippen molar-refractivity contribution in [3.8, 4) is 5.75 Å². The second kappa shape index (κ2) is 7.94. The second-order valence-electron chi connectivity index (χ2n) is 9.09. The number of para-hydroxylation sites is 2. The number of rotatable bonds is 7. The van der Waals surface area contributed by atoms with E-state index in [-0.39, 0.29) is 23.0 Å². The molecule has 2 aliphatic carbocycles. The summed E-state index contributed by atoms with van der Waals surface area (Å²) >= 11 is 0. The third-order valence-electron chi connectivity index (χ3n) is 7.85. The van der Waals surface area contributed by atoms with Crippen LogP contribution < -0.4 is 10.1 Å². The summed E-state index contributed by atoms with van der Waals surface area (Å²) in [5.74, 6) is 1.60. The highest BCUT2D eigenvalue weighted by molar-refractivity contribution is 5.86. The van der Waals surface area contributed by atoms with Gasteiger partial charge in [-0.2, -0.15) is 0 Å². The highest BCUT2D eigenvalue weighted by Gasteiger charge is 2.67. The van der Waals surface area contributed by atoms with Crippen LogP contribution in [0.1, 0.15) is 47.5 Å². The summed E-state index contributed by atoms with van der Waals surface area (Å²) in [5, 5.41) is 2.89. The molecule has 0 saturated heterocycles. The Balaban J connectivity index is 1.80. The summed E-state index contributed by atoms with van der Waals surface area (Å²) < 4.78 is 11.5. The van der Waals surface area contributed by atoms with Crippen LogP contribution >= 0.6 is 0 Å². The Kier molecular flexibility index (Phi) is 5.95. The summed E-state index contributed by atoms with van der Waals surface area (Å²) in [6.45, 7) is 14.5. The average Bonchev–Trinajstić information content (AvgIpc) is 2.99. The number of anilines is 1. The molecule has 0 radical (unpaired) electrons. The normalized spacial score (nSPS) is 30.5. The van der Waals surface area contributed by atoms with Gasteiger partial charge in [0.15, 0.2) is 0 Å². The van der Waals surface area contributed by atoms with E-state index in [1.54, 1.807) is 7.11 Å². The lowest BCUT2D eigenvalue weighted by Crippen LogP contribution is -2.45. The molecule has 1 aromatic rings. The zero-order chi connectivity index (χ0) is 20.5. The largest absolute Gasteiger partial charge is 0.495 e. The average molecular weight is 389 g/mol. The minimum atomic E-state index is -0.386. The van der Waals surface area contributed by atoms with Crippen LogP contribution in [0.4, 0.5) is 10.5 Å². The predicted octanol–water partition coefficient (Wildman–Crippen LogP) is 5.03. The molecule has 28 heavy (non-hydrogen) atoms. The van der Waals surface area contributed by atoms with Crippen LogP contribution in [0, 0.1) is 22.7 Å². The Hall–Kier alpha value is -1.75. The number of hydrogen-bond acceptors (Lipinski definition) is 4. The number of nitrogens with zero attached hydrogens (tertiary/aromatic N) is 1. The highest BCUT2D eigenvalue weighted by Crippen LogP contribution is 2.68. The molecule has 5 nitrogen and oxygen atoms in total. The lowest BCUT2D eigenvalue weighted by atomic mass is 9.70. The molecular formula is C23H36N2O3. The Morgan fingerprint density at radius 3 is 2.54 bits per heavy atom. The molecule has 5 heteroatoms. The first-order valence-corrected chi connectivity index (χ1v) is 10.6. The van der Waals surface area contributed by atoms with Crippen molar-refractivity contribution in [2.24, 2.45) is 22.7 Å². The smallest absolute Gasteiger partial charge is 0.412 e. The van der Waals surface area contributed by atoms with Crippen molar-refractivity contribution in [1.29, 1.82) is 0 Å². The number of amides is 1. The minimum Gasteiger partial charge on any atom is -0.495 e. The van der Waals surface area contributed by atoms with Crippen molar-refractivity contribution in [3.63, 3.8) is 0 Å². The third-order valence-corrected chi connectivity index (χ3v) is 7.85. The predicted molar refractivity (Wildman–Crippen MR) is 113 cm³/mol. The minimum absolute atomic E-state index is 0.00754. The number of carbonyl (C=O) groups is 1. The van der Waals surface area contributed by atoms with Gasteiger partial charge >= 0.3 is 6.09 Å². The van der Waals surface area contributed by atoms with Crippen LogP contribution in [0.3, 0.4) is 0 Å². The van der Waals surface area contributed by atoms with E-state index in [9.17, 15) is 4.79 Å². The van der Waals surface area contributed by atoms with Crippen LogP contribution in [0.25, 0.3) is 0 Å². The molecule has 1 amide bonds. The summed E-state index contributed by atoms with van der Waals surface area (Å²) in [6.07, 6.45) is 1.88. The number of methoxy groups -OCH3 is 1. The zero-order valence-electron chi connectivity index (χ0n) is 18.2. The van der Waals surface area contributed by atoms with Gasteiger partial charge in [-0.1, -0.05) is 46.8 Å². The Bertz CT molecular complexity index is 701. The number of nitrogens with one attached hydrogen (secondary N) is 1. The molecule has 3 rings (SSSR count). The molecule has 0 heterocycles. The first-order chi connectivity index (χ1) is 13.3. The molecule has 0 aromatic heterocycles. The molecule has 2 bridgehead atoms. The Morgan fingerprint density at radius 1 is 1.21 bits per heavy atom. The van der Waals surface area contributed by atoms with Gasteiger partial charge < -0.3 is 14.4 Å². The van der Waals surface area contributed by atoms with E-state index in [1.165, 1.54) is 6.42 Å². The van der Waals surface area contributed by atoms with Crippen molar-refractivity contribution >= 4 is 11.8 Å². The molecule has 0 unspecified atom stereocenters. The fraction of sp³-hybridized carbons (Fsp3) is 0.696. The van der Waals surface area contributed by atoms with Crippen LogP contribution in [0.5, 0.6) is 5.75 Å². The number of fused-ring (bicyclic) bond motifs is 2. The van der Waals surface area contributed by atoms with E-state index in [0.717, 1.165) is 26.1 Å². The van der Waals surface area contributed by atoms with E-state index in [0.29, 0.717) is 23.3 Å². The molecule has 0 spiro atoms. The van der Waals surface area contributed by atoms with Gasteiger partial charge in [-0.25, -0.2) is 4.79 Å². The first kappa shape index (κ1) is 21.0. The third kappa shape index (κ3) is 3.38. The monoisotopic (exact) mass is 388 g/mol. The number of hydrogen-bond donors (Lipinski definition) is 1. The number of carbonyl (C=O) groups excluding carboxylic acids is 1. The highest BCUT2D eigenvalue weighted by atomic mass is 16.6. The number of ether oxygens (including phenoxy) is 2. The van der Waals surface area contributed by atoms with Crippen molar-refractivity contribution in [2.45, 2.75) is 53.6 Å². The maximum Gasteiger partial charge on any atom is 0.412 e. The van der Waals surface area contributed by atoms with Crippen LogP contribution in [0.2, 0.25) is 0 Å². The quantitative estimate of drug-likeness (QED) is 0.712. The number of benzene rings is 1. The van der Waals surface area contributed by atoms with E-state index in [1.807, 2.05) is 24.3 Å². The summed E-state index contributed by atoms with van der Waals surface area (Å²) in [7, 11) is 1.60. The summed E-state index contributed by atoms with van der Waals surface area (Å²) in [6, 6.07) is 7.43. The Labute approximate surface area is 169 Å². The molecule has 2 aliphatic rings. The lowest BCUT2D eigenvalue weighted by molar-refractivity contribution is -0.0258. The van der Waals surface area contributed by atoms with Gasteiger partial charge in [0.05, 0.1) is 12.8 Å². The molecule has 4 atom stereocenters. The van der Waals surface area contributed by atoms with Gasteiger partial charge in [-0.05, 0) is 49.4 Å². The summed E-state index contributed by atoms with van der Waals surface area (Å²) in [5.41, 5.74) is 0.816. The van der Waals surface area contributed by atoms with Gasteiger partial charge in [0.2, 0.25) is 0 Å². The van der Waals surface area contributed by atoms with Gasteiger partial charge in [-0.15, -0.1) is 0 Å². The zero-order valence-corrected chi connectivity index (χ0v) is 18.2. The van der Waals surface area contributed by atoms with Gasteiger partial charge in [-0.3, -0.25) is 5.32 Å². The van der Waals surface area contributed by atoms with Crippen molar-refractivity contribution < 1.29 is 14.3 Å². The lowest BCUT2D eigenvalue weighted by Gasteiger charge is -2.40. The van der Waals surface area contributed by atoms with Crippen molar-refractivity contribution in [1.82, 2.24) is 4.90 Å². The van der Waals surface area contributed by atoms with E-state index >= 15 is 0 Å². The van der Waals surface area contributed by atoms with E-state index < -0.39 is 0 Å². The molecule has 0 aliphatic heterocycles. The van der Waals surface area contributed by atoms with Crippen molar-refractivity contribution in [3.05, 3.63) is 24.3 Å². The topological polar surface area (TPSA) is 50.8 Å². The van der Waals surface area contributed by atoms with Gasteiger partial charge in [0, 0.05) is 17.9 Å². The van der Waals surface area contributed by atoms with Gasteiger partial charge in [0.1, 0.15) is 11.9 Å². The maximum atomic E-state index is 12.8. The standard InChI is InChI=1S/C23H36N2O3/c1-7-25(8-2)15-16-17-13-14-23(5,22(17,3)4)20(16)28-21(26)24-18-11-9-10-12-19(18)27-6/h9-12,16-17,20H,7-8,13-15H2,1-6H3,(H,24,26)/t16-,17+,20-,23-/m1/s1. The van der Waals surface area contributed by atoms with E-state index in [2.05, 4.69) is 44.8 Å². The van der Waals surface area contributed by atoms with Crippen molar-refractivity contribution in [2.75, 3.05) is 32.1 Å². The Morgan fingerprint density at radius 2 is 1.89 bits per heavy atom. The maximum absolute atomic E-state index is 12.8. The molecule has 1 aromatic carbocycles. The fourth-order valence-corrected chi connectivity index (χ4v) is 5.73.